The van der Waals surface area contributed by atoms with Crippen LogP contribution in [0.2, 0.25) is 0 Å². The molecule has 3 aromatic rings. The van der Waals surface area contributed by atoms with Crippen molar-refractivity contribution in [1.29, 1.82) is 0 Å². The van der Waals surface area contributed by atoms with Crippen LogP contribution in [0.3, 0.4) is 0 Å². The van der Waals surface area contributed by atoms with Gasteiger partial charge in [0.2, 0.25) is 5.91 Å². The summed E-state index contributed by atoms with van der Waals surface area (Å²) in [6.07, 6.45) is 6.70. The monoisotopic (exact) mass is 371 g/mol. The molecule has 1 fully saturated rings. The summed E-state index contributed by atoms with van der Waals surface area (Å²) in [5, 5.41) is 4.84. The molecule has 1 saturated heterocycles. The van der Waals surface area contributed by atoms with E-state index in [1.807, 2.05) is 40.1 Å². The molecule has 4 heteroatoms. The van der Waals surface area contributed by atoms with E-state index in [2.05, 4.69) is 44.2 Å². The van der Waals surface area contributed by atoms with Gasteiger partial charge in [-0.1, -0.05) is 42.5 Å². The molecule has 0 aliphatic carbocycles. The maximum absolute atomic E-state index is 12.3. The lowest BCUT2D eigenvalue weighted by molar-refractivity contribution is -0.129. The Kier molecular flexibility index (Phi) is 5.11. The van der Waals surface area contributed by atoms with Crippen LogP contribution in [-0.4, -0.2) is 33.7 Å². The molecule has 1 amide bonds. The molecule has 0 unspecified atom stereocenters. The van der Waals surface area contributed by atoms with Gasteiger partial charge in [-0.25, -0.2) is 0 Å². The fraction of sp³-hybridized carbons (Fsp3) is 0.250. The van der Waals surface area contributed by atoms with Gasteiger partial charge in [-0.15, -0.1) is 0 Å². The molecule has 1 aliphatic heterocycles. The maximum atomic E-state index is 12.3. The summed E-state index contributed by atoms with van der Waals surface area (Å²) in [4.78, 5) is 14.1. The summed E-state index contributed by atoms with van der Waals surface area (Å²) in [6.45, 7) is 6.65. The molecule has 0 bridgehead atoms. The average molecular weight is 371 g/mol. The lowest BCUT2D eigenvalue weighted by atomic mass is 10.0. The minimum absolute atomic E-state index is 0.0769. The minimum Gasteiger partial charge on any atom is -0.339 e. The van der Waals surface area contributed by atoms with Crippen LogP contribution in [0, 0.1) is 13.8 Å². The molecule has 0 saturated carbocycles. The second-order valence-electron chi connectivity index (χ2n) is 7.43. The van der Waals surface area contributed by atoms with Crippen molar-refractivity contribution in [3.63, 3.8) is 0 Å². The highest BCUT2D eigenvalue weighted by Gasteiger charge is 2.18. The van der Waals surface area contributed by atoms with Crippen LogP contribution >= 0.6 is 0 Å². The third-order valence-corrected chi connectivity index (χ3v) is 5.33. The van der Waals surface area contributed by atoms with E-state index in [9.17, 15) is 4.79 Å². The van der Waals surface area contributed by atoms with Crippen LogP contribution in [0.15, 0.2) is 60.8 Å². The largest absolute Gasteiger partial charge is 0.339 e. The van der Waals surface area contributed by atoms with Gasteiger partial charge in [0, 0.05) is 36.5 Å². The van der Waals surface area contributed by atoms with E-state index in [4.69, 9.17) is 5.10 Å². The van der Waals surface area contributed by atoms with Crippen molar-refractivity contribution in [1.82, 2.24) is 14.7 Å². The number of hydrogen-bond donors (Lipinski definition) is 0. The van der Waals surface area contributed by atoms with Gasteiger partial charge < -0.3 is 4.90 Å². The number of carbonyl (C=O) groups is 1. The first-order valence-corrected chi connectivity index (χ1v) is 9.76. The highest BCUT2D eigenvalue weighted by atomic mass is 16.2. The second kappa shape index (κ2) is 7.85. The zero-order valence-electron chi connectivity index (χ0n) is 16.4. The molecular formula is C24H25N3O. The first kappa shape index (κ1) is 18.2. The van der Waals surface area contributed by atoms with Gasteiger partial charge >= 0.3 is 0 Å². The Morgan fingerprint density at radius 3 is 2.54 bits per heavy atom. The van der Waals surface area contributed by atoms with Crippen LogP contribution in [0.25, 0.3) is 17.3 Å². The van der Waals surface area contributed by atoms with Gasteiger partial charge in [-0.3, -0.25) is 9.48 Å². The van der Waals surface area contributed by atoms with Crippen molar-refractivity contribution >= 4 is 12.0 Å². The predicted molar refractivity (Wildman–Crippen MR) is 113 cm³/mol. The first-order chi connectivity index (χ1) is 13.6. The molecular weight excluding hydrogens is 346 g/mol. The van der Waals surface area contributed by atoms with Crippen LogP contribution in [-0.2, 0) is 11.3 Å². The van der Waals surface area contributed by atoms with Gasteiger partial charge in [0.15, 0.2) is 0 Å². The van der Waals surface area contributed by atoms with Crippen molar-refractivity contribution in [2.24, 2.45) is 0 Å². The number of nitrogens with zero attached hydrogens (tertiary/aromatic N) is 3. The number of hydrogen-bond acceptors (Lipinski definition) is 2. The highest BCUT2D eigenvalue weighted by Crippen LogP contribution is 2.26. The standard InChI is InChI=1S/C24H25N3O/c1-18-9-10-21(15-19(18)2)24-22(11-12-23(28)26-13-6-14-26)17-27(25-24)16-20-7-4-3-5-8-20/h3-5,7-12,15,17H,6,13-14,16H2,1-2H3/b12-11+. The first-order valence-electron chi connectivity index (χ1n) is 9.76. The van der Waals surface area contributed by atoms with E-state index in [-0.39, 0.29) is 5.91 Å². The fourth-order valence-electron chi connectivity index (χ4n) is 3.33. The van der Waals surface area contributed by atoms with Gasteiger partial charge in [0.1, 0.15) is 0 Å². The minimum atomic E-state index is 0.0769. The molecule has 28 heavy (non-hydrogen) atoms. The second-order valence-corrected chi connectivity index (χ2v) is 7.43. The number of aryl methyl sites for hydroxylation is 2. The molecule has 0 atom stereocenters. The number of likely N-dealkylation sites (tertiary alicyclic amines) is 1. The molecule has 2 aromatic carbocycles. The lowest BCUT2D eigenvalue weighted by Gasteiger charge is -2.29. The Morgan fingerprint density at radius 2 is 1.86 bits per heavy atom. The molecule has 142 valence electrons. The molecule has 0 spiro atoms. The Bertz CT molecular complexity index is 1010. The molecule has 0 N–H and O–H groups in total. The Balaban J connectivity index is 1.67. The number of amides is 1. The zero-order chi connectivity index (χ0) is 19.5. The van der Waals surface area contributed by atoms with Crippen molar-refractivity contribution < 1.29 is 4.79 Å². The van der Waals surface area contributed by atoms with Crippen LogP contribution in [0.4, 0.5) is 0 Å². The summed E-state index contributed by atoms with van der Waals surface area (Å²) in [7, 11) is 0. The van der Waals surface area contributed by atoms with Crippen LogP contribution in [0.5, 0.6) is 0 Å². The third kappa shape index (κ3) is 3.91. The van der Waals surface area contributed by atoms with Gasteiger partial charge in [-0.2, -0.15) is 5.10 Å². The Morgan fingerprint density at radius 1 is 1.07 bits per heavy atom. The van der Waals surface area contributed by atoms with E-state index in [0.29, 0.717) is 6.54 Å². The van der Waals surface area contributed by atoms with Gasteiger partial charge in [0.05, 0.1) is 12.2 Å². The summed E-state index contributed by atoms with van der Waals surface area (Å²) in [5.74, 6) is 0.0769. The lowest BCUT2D eigenvalue weighted by Crippen LogP contribution is -2.40. The van der Waals surface area contributed by atoms with Gasteiger partial charge in [0.25, 0.3) is 0 Å². The quantitative estimate of drug-likeness (QED) is 0.621. The van der Waals surface area contributed by atoms with E-state index in [1.165, 1.54) is 16.7 Å². The average Bonchev–Trinajstić information content (AvgIpc) is 3.04. The Hall–Kier alpha value is -3.14. The smallest absolute Gasteiger partial charge is 0.246 e. The van der Waals surface area contributed by atoms with Crippen molar-refractivity contribution in [2.45, 2.75) is 26.8 Å². The van der Waals surface area contributed by atoms with Crippen molar-refractivity contribution in [2.75, 3.05) is 13.1 Å². The normalized spacial score (nSPS) is 13.7. The Labute approximate surface area is 166 Å². The van der Waals surface area contributed by atoms with Gasteiger partial charge in [-0.05, 0) is 49.1 Å². The molecule has 2 heterocycles. The predicted octanol–water partition coefficient (Wildman–Crippen LogP) is 4.46. The van der Waals surface area contributed by atoms with Crippen LogP contribution in [0.1, 0.15) is 28.7 Å². The molecule has 4 nitrogen and oxygen atoms in total. The number of benzene rings is 2. The molecule has 1 aliphatic rings. The summed E-state index contributed by atoms with van der Waals surface area (Å²) in [5.41, 5.74) is 6.65. The summed E-state index contributed by atoms with van der Waals surface area (Å²) in [6, 6.07) is 16.7. The molecule has 4 rings (SSSR count). The van der Waals surface area contributed by atoms with E-state index < -0.39 is 0 Å². The topological polar surface area (TPSA) is 38.1 Å². The molecule has 1 aromatic heterocycles. The third-order valence-electron chi connectivity index (χ3n) is 5.33. The van der Waals surface area contributed by atoms with Crippen LogP contribution < -0.4 is 0 Å². The zero-order valence-corrected chi connectivity index (χ0v) is 16.4. The van der Waals surface area contributed by atoms with E-state index in [1.54, 1.807) is 6.08 Å². The van der Waals surface area contributed by atoms with E-state index >= 15 is 0 Å². The highest BCUT2D eigenvalue weighted by molar-refractivity contribution is 5.93. The van der Waals surface area contributed by atoms with E-state index in [0.717, 1.165) is 36.3 Å². The molecule has 0 radical (unpaired) electrons. The maximum Gasteiger partial charge on any atom is 0.246 e. The van der Waals surface area contributed by atoms with Crippen molar-refractivity contribution in [3.05, 3.63) is 83.1 Å². The number of carbonyl (C=O) groups excluding carboxylic acids is 1. The summed E-state index contributed by atoms with van der Waals surface area (Å²) >= 11 is 0. The summed E-state index contributed by atoms with van der Waals surface area (Å²) < 4.78 is 1.95. The number of aromatic nitrogens is 2. The number of rotatable bonds is 5. The van der Waals surface area contributed by atoms with Crippen molar-refractivity contribution in [3.8, 4) is 11.3 Å². The SMILES string of the molecule is Cc1ccc(-c2nn(Cc3ccccc3)cc2/C=C/C(=O)N2CCC2)cc1C. The fourth-order valence-corrected chi connectivity index (χ4v) is 3.33.